The quantitative estimate of drug-likeness (QED) is 0.789. The van der Waals surface area contributed by atoms with Crippen molar-refractivity contribution < 1.29 is 5.21 Å². The normalized spacial score (nSPS) is 12.9. The molecule has 2 aromatic rings. The van der Waals surface area contributed by atoms with Gasteiger partial charge in [0.15, 0.2) is 0 Å². The Bertz CT molecular complexity index is 524. The van der Waals surface area contributed by atoms with Crippen LogP contribution in [0.4, 0.5) is 0 Å². The van der Waals surface area contributed by atoms with E-state index in [1.165, 1.54) is 5.06 Å². The van der Waals surface area contributed by atoms with Gasteiger partial charge in [-0.2, -0.15) is 5.06 Å². The molecular formula is C17H20ClNO. The number of hydrogen-bond donors (Lipinski definition) is 1. The molecule has 0 radical (unpaired) electrons. The largest absolute Gasteiger partial charge is 0.313 e. The van der Waals surface area contributed by atoms with E-state index in [2.05, 4.69) is 13.8 Å². The maximum atomic E-state index is 10.5. The molecule has 0 aromatic heterocycles. The van der Waals surface area contributed by atoms with Crippen LogP contribution in [0.25, 0.3) is 0 Å². The molecule has 3 heteroatoms. The van der Waals surface area contributed by atoms with E-state index in [1.807, 2.05) is 54.6 Å². The van der Waals surface area contributed by atoms with Crippen LogP contribution >= 0.6 is 11.6 Å². The van der Waals surface area contributed by atoms with Crippen molar-refractivity contribution in [3.63, 3.8) is 0 Å². The van der Waals surface area contributed by atoms with Gasteiger partial charge in [-0.1, -0.05) is 67.9 Å². The van der Waals surface area contributed by atoms with Crippen LogP contribution in [0, 0.1) is 5.92 Å². The molecule has 0 saturated carbocycles. The Morgan fingerprint density at radius 2 is 1.60 bits per heavy atom. The molecule has 0 spiro atoms. The highest BCUT2D eigenvalue weighted by atomic mass is 35.5. The van der Waals surface area contributed by atoms with E-state index in [9.17, 15) is 5.21 Å². The number of hydrogen-bond acceptors (Lipinski definition) is 2. The minimum Gasteiger partial charge on any atom is -0.313 e. The van der Waals surface area contributed by atoms with Crippen LogP contribution in [-0.2, 0) is 6.54 Å². The molecule has 106 valence electrons. The van der Waals surface area contributed by atoms with Crippen molar-refractivity contribution in [2.75, 3.05) is 0 Å². The lowest BCUT2D eigenvalue weighted by atomic mass is 9.95. The lowest BCUT2D eigenvalue weighted by Gasteiger charge is -2.29. The smallest absolute Gasteiger partial charge is 0.0626 e. The highest BCUT2D eigenvalue weighted by Crippen LogP contribution is 2.29. The zero-order chi connectivity index (χ0) is 14.5. The Kier molecular flexibility index (Phi) is 5.18. The maximum Gasteiger partial charge on any atom is 0.0626 e. The van der Waals surface area contributed by atoms with E-state index in [0.717, 1.165) is 11.1 Å². The SMILES string of the molecule is CC(C)[C@@H](c1ccc(Cl)cc1)N(O)Cc1ccccc1. The van der Waals surface area contributed by atoms with Gasteiger partial charge in [0.25, 0.3) is 0 Å². The van der Waals surface area contributed by atoms with E-state index in [4.69, 9.17) is 11.6 Å². The van der Waals surface area contributed by atoms with Crippen molar-refractivity contribution in [1.82, 2.24) is 5.06 Å². The molecule has 0 aliphatic carbocycles. The highest BCUT2D eigenvalue weighted by molar-refractivity contribution is 6.30. The lowest BCUT2D eigenvalue weighted by molar-refractivity contribution is -0.149. The first-order chi connectivity index (χ1) is 9.58. The predicted molar refractivity (Wildman–Crippen MR) is 82.8 cm³/mol. The van der Waals surface area contributed by atoms with Crippen LogP contribution in [0.15, 0.2) is 54.6 Å². The summed E-state index contributed by atoms with van der Waals surface area (Å²) >= 11 is 5.93. The minimum absolute atomic E-state index is 0.0486. The van der Waals surface area contributed by atoms with Crippen molar-refractivity contribution in [3.8, 4) is 0 Å². The second kappa shape index (κ2) is 6.89. The van der Waals surface area contributed by atoms with Crippen molar-refractivity contribution in [1.29, 1.82) is 0 Å². The summed E-state index contributed by atoms with van der Waals surface area (Å²) in [5.74, 6) is 0.296. The number of hydroxylamine groups is 2. The van der Waals surface area contributed by atoms with Gasteiger partial charge in [-0.15, -0.1) is 0 Å². The maximum absolute atomic E-state index is 10.5. The minimum atomic E-state index is -0.0486. The summed E-state index contributed by atoms with van der Waals surface area (Å²) in [5, 5.41) is 12.6. The van der Waals surface area contributed by atoms with Gasteiger partial charge in [-0.3, -0.25) is 0 Å². The molecule has 0 aliphatic rings. The Labute approximate surface area is 125 Å². The van der Waals surface area contributed by atoms with Gasteiger partial charge in [0.05, 0.1) is 6.04 Å². The van der Waals surface area contributed by atoms with Crippen molar-refractivity contribution in [3.05, 3.63) is 70.7 Å². The Morgan fingerprint density at radius 3 is 2.15 bits per heavy atom. The molecule has 20 heavy (non-hydrogen) atoms. The standard InChI is InChI=1S/C17H20ClNO/c1-13(2)17(15-8-10-16(18)11-9-15)19(20)12-14-6-4-3-5-7-14/h3-11,13,17,20H,12H2,1-2H3/t17-/m0/s1. The zero-order valence-electron chi connectivity index (χ0n) is 11.8. The summed E-state index contributed by atoms with van der Waals surface area (Å²) in [6.45, 7) is 4.72. The van der Waals surface area contributed by atoms with Crippen molar-refractivity contribution in [2.24, 2.45) is 5.92 Å². The van der Waals surface area contributed by atoms with Gasteiger partial charge in [-0.05, 0) is 29.2 Å². The Balaban J connectivity index is 2.18. The summed E-state index contributed by atoms with van der Waals surface area (Å²) < 4.78 is 0. The molecule has 0 bridgehead atoms. The van der Waals surface area contributed by atoms with Gasteiger partial charge in [-0.25, -0.2) is 0 Å². The number of halogens is 1. The second-order valence-electron chi connectivity index (χ2n) is 5.32. The fourth-order valence-corrected chi connectivity index (χ4v) is 2.56. The number of benzene rings is 2. The third kappa shape index (κ3) is 3.83. The van der Waals surface area contributed by atoms with Crippen LogP contribution in [0.5, 0.6) is 0 Å². The third-order valence-corrected chi connectivity index (χ3v) is 3.60. The van der Waals surface area contributed by atoms with Gasteiger partial charge in [0, 0.05) is 11.6 Å². The summed E-state index contributed by atoms with van der Waals surface area (Å²) in [6.07, 6.45) is 0. The summed E-state index contributed by atoms with van der Waals surface area (Å²) in [7, 11) is 0. The van der Waals surface area contributed by atoms with Crippen LogP contribution in [0.2, 0.25) is 5.02 Å². The first-order valence-corrected chi connectivity index (χ1v) is 7.20. The topological polar surface area (TPSA) is 23.5 Å². The second-order valence-corrected chi connectivity index (χ2v) is 5.76. The van der Waals surface area contributed by atoms with Crippen molar-refractivity contribution in [2.45, 2.75) is 26.4 Å². The first-order valence-electron chi connectivity index (χ1n) is 6.83. The van der Waals surface area contributed by atoms with Crippen LogP contribution < -0.4 is 0 Å². The average Bonchev–Trinajstić information content (AvgIpc) is 2.42. The summed E-state index contributed by atoms with van der Waals surface area (Å²) in [4.78, 5) is 0. The lowest BCUT2D eigenvalue weighted by Crippen LogP contribution is -2.28. The molecule has 2 rings (SSSR count). The molecule has 0 amide bonds. The average molecular weight is 290 g/mol. The molecule has 0 fully saturated rings. The van der Waals surface area contributed by atoms with Crippen LogP contribution in [-0.4, -0.2) is 10.3 Å². The molecule has 1 N–H and O–H groups in total. The van der Waals surface area contributed by atoms with Crippen LogP contribution in [0.1, 0.15) is 31.0 Å². The van der Waals surface area contributed by atoms with Gasteiger partial charge in [0.2, 0.25) is 0 Å². The monoisotopic (exact) mass is 289 g/mol. The molecule has 1 atom stereocenters. The summed E-state index contributed by atoms with van der Waals surface area (Å²) in [6, 6.07) is 17.6. The van der Waals surface area contributed by atoms with E-state index < -0.39 is 0 Å². The van der Waals surface area contributed by atoms with Gasteiger partial charge in [0.1, 0.15) is 0 Å². The molecule has 2 aromatic carbocycles. The number of rotatable bonds is 5. The fourth-order valence-electron chi connectivity index (χ4n) is 2.43. The Morgan fingerprint density at radius 1 is 1.00 bits per heavy atom. The first kappa shape index (κ1) is 15.0. The van der Waals surface area contributed by atoms with Crippen molar-refractivity contribution >= 4 is 11.6 Å². The van der Waals surface area contributed by atoms with E-state index in [1.54, 1.807) is 0 Å². The highest BCUT2D eigenvalue weighted by Gasteiger charge is 2.22. The van der Waals surface area contributed by atoms with Crippen LogP contribution in [0.3, 0.4) is 0 Å². The molecule has 0 heterocycles. The zero-order valence-corrected chi connectivity index (χ0v) is 12.6. The third-order valence-electron chi connectivity index (χ3n) is 3.35. The van der Waals surface area contributed by atoms with Gasteiger partial charge < -0.3 is 5.21 Å². The Hall–Kier alpha value is -1.35. The molecule has 2 nitrogen and oxygen atoms in total. The van der Waals surface area contributed by atoms with E-state index >= 15 is 0 Å². The predicted octanol–water partition coefficient (Wildman–Crippen LogP) is 4.93. The number of nitrogens with zero attached hydrogens (tertiary/aromatic N) is 1. The van der Waals surface area contributed by atoms with E-state index in [0.29, 0.717) is 17.5 Å². The van der Waals surface area contributed by atoms with Gasteiger partial charge >= 0.3 is 0 Å². The fraction of sp³-hybridized carbons (Fsp3) is 0.294. The molecule has 0 saturated heterocycles. The van der Waals surface area contributed by atoms with E-state index in [-0.39, 0.29) is 6.04 Å². The molecule has 0 aliphatic heterocycles. The summed E-state index contributed by atoms with van der Waals surface area (Å²) in [5.41, 5.74) is 2.16. The molecule has 0 unspecified atom stereocenters. The molecular weight excluding hydrogens is 270 g/mol.